The molecule has 2 heterocycles. The molecule has 1 atom stereocenters. The second kappa shape index (κ2) is 8.53. The normalized spacial score (nSPS) is 16.7. The molecule has 6 heteroatoms. The van der Waals surface area contributed by atoms with E-state index >= 15 is 0 Å². The summed E-state index contributed by atoms with van der Waals surface area (Å²) in [5.41, 5.74) is 4.70. The fourth-order valence-electron chi connectivity index (χ4n) is 3.77. The molecular weight excluding hydrogens is 376 g/mol. The molecule has 1 unspecified atom stereocenters. The predicted molar refractivity (Wildman–Crippen MR) is 116 cm³/mol. The van der Waals surface area contributed by atoms with Crippen molar-refractivity contribution in [3.63, 3.8) is 0 Å². The number of hydrogen-bond acceptors (Lipinski definition) is 4. The third-order valence-electron chi connectivity index (χ3n) is 5.40. The second-order valence-corrected chi connectivity index (χ2v) is 7.59. The Kier molecular flexibility index (Phi) is 5.65. The van der Waals surface area contributed by atoms with Crippen LogP contribution in [0.4, 0.5) is 4.79 Å². The van der Waals surface area contributed by atoms with E-state index < -0.39 is 0 Å². The molecule has 30 heavy (non-hydrogen) atoms. The fourth-order valence-corrected chi connectivity index (χ4v) is 3.77. The van der Waals surface area contributed by atoms with Gasteiger partial charge in [-0.1, -0.05) is 72.6 Å². The Morgan fingerprint density at radius 2 is 1.90 bits per heavy atom. The van der Waals surface area contributed by atoms with E-state index in [0.29, 0.717) is 18.3 Å². The second-order valence-electron chi connectivity index (χ2n) is 7.59. The number of aryl methyl sites for hydroxylation is 1. The third kappa shape index (κ3) is 3.85. The molecule has 154 valence electrons. The maximum Gasteiger partial charge on any atom is 0.322 e. The van der Waals surface area contributed by atoms with Gasteiger partial charge < -0.3 is 9.84 Å². The van der Waals surface area contributed by atoms with E-state index in [1.807, 2.05) is 68.4 Å². The number of nitrogens with one attached hydrogen (secondary N) is 1. The van der Waals surface area contributed by atoms with E-state index in [2.05, 4.69) is 17.4 Å². The first-order valence-corrected chi connectivity index (χ1v) is 10.3. The molecule has 2 aromatic carbocycles. The number of nitrogens with zero attached hydrogens (tertiary/aromatic N) is 3. The van der Waals surface area contributed by atoms with Crippen LogP contribution in [-0.4, -0.2) is 27.6 Å². The van der Waals surface area contributed by atoms with Crippen molar-refractivity contribution >= 4 is 11.6 Å². The molecule has 1 aliphatic rings. The van der Waals surface area contributed by atoms with Crippen LogP contribution in [0.2, 0.25) is 0 Å². The Balaban J connectivity index is 1.79. The fraction of sp³-hybridized carbons (Fsp3) is 0.292. The van der Waals surface area contributed by atoms with Crippen LogP contribution < -0.4 is 5.32 Å². The third-order valence-corrected chi connectivity index (χ3v) is 5.40. The van der Waals surface area contributed by atoms with Crippen molar-refractivity contribution in [1.29, 1.82) is 0 Å². The van der Waals surface area contributed by atoms with Crippen molar-refractivity contribution in [2.75, 3.05) is 6.54 Å². The van der Waals surface area contributed by atoms with Crippen LogP contribution in [0, 0.1) is 6.92 Å². The molecule has 0 fully saturated rings. The molecule has 0 aliphatic carbocycles. The molecule has 0 saturated carbocycles. The van der Waals surface area contributed by atoms with Crippen molar-refractivity contribution in [2.45, 2.75) is 39.7 Å². The number of allylic oxidation sites excluding steroid dienone is 1. The highest BCUT2D eigenvalue weighted by Crippen LogP contribution is 2.37. The summed E-state index contributed by atoms with van der Waals surface area (Å²) in [5.74, 6) is 0.970. The highest BCUT2D eigenvalue weighted by Gasteiger charge is 2.35. The molecule has 0 spiro atoms. The van der Waals surface area contributed by atoms with E-state index in [0.717, 1.165) is 40.8 Å². The smallest absolute Gasteiger partial charge is 0.322 e. The van der Waals surface area contributed by atoms with Crippen molar-refractivity contribution < 1.29 is 9.32 Å². The zero-order valence-electron chi connectivity index (χ0n) is 17.6. The minimum Gasteiger partial charge on any atom is -0.334 e. The predicted octanol–water partition coefficient (Wildman–Crippen LogP) is 5.34. The number of unbranched alkanes of at least 4 members (excludes halogenated alkanes) is 1. The number of rotatable bonds is 6. The van der Waals surface area contributed by atoms with Crippen LogP contribution >= 0.6 is 0 Å². The van der Waals surface area contributed by atoms with E-state index in [-0.39, 0.29) is 12.1 Å². The van der Waals surface area contributed by atoms with Gasteiger partial charge in [0.1, 0.15) is 0 Å². The van der Waals surface area contributed by atoms with Crippen LogP contribution in [0.3, 0.4) is 0 Å². The number of hydrogen-bond donors (Lipinski definition) is 1. The average Bonchev–Trinajstić information content (AvgIpc) is 3.23. The molecule has 2 amide bonds. The number of amides is 2. The summed E-state index contributed by atoms with van der Waals surface area (Å²) in [6.07, 6.45) is 1.93. The quantitative estimate of drug-likeness (QED) is 0.604. The lowest BCUT2D eigenvalue weighted by Crippen LogP contribution is -2.46. The van der Waals surface area contributed by atoms with E-state index in [1.54, 1.807) is 4.90 Å². The van der Waals surface area contributed by atoms with Crippen LogP contribution in [-0.2, 0) is 0 Å². The summed E-state index contributed by atoms with van der Waals surface area (Å²) < 4.78 is 5.71. The minimum absolute atomic E-state index is 0.100. The number of benzene rings is 2. The van der Waals surface area contributed by atoms with Gasteiger partial charge in [-0.15, -0.1) is 0 Å². The molecule has 3 aromatic rings. The summed E-state index contributed by atoms with van der Waals surface area (Å²) in [5, 5.41) is 7.35. The highest BCUT2D eigenvalue weighted by molar-refractivity contribution is 5.86. The molecule has 0 radical (unpaired) electrons. The Morgan fingerprint density at radius 3 is 2.63 bits per heavy atom. The zero-order valence-corrected chi connectivity index (χ0v) is 17.6. The first-order chi connectivity index (χ1) is 14.6. The monoisotopic (exact) mass is 402 g/mol. The Hall–Kier alpha value is -3.41. The lowest BCUT2D eigenvalue weighted by atomic mass is 9.94. The van der Waals surface area contributed by atoms with Gasteiger partial charge in [0.2, 0.25) is 5.82 Å². The van der Waals surface area contributed by atoms with Gasteiger partial charge in [-0.25, -0.2) is 4.79 Å². The first kappa shape index (κ1) is 19.9. The van der Waals surface area contributed by atoms with Crippen LogP contribution in [0.5, 0.6) is 0 Å². The van der Waals surface area contributed by atoms with Crippen LogP contribution in [0.1, 0.15) is 49.7 Å². The van der Waals surface area contributed by atoms with Gasteiger partial charge >= 0.3 is 6.03 Å². The van der Waals surface area contributed by atoms with Crippen LogP contribution in [0.25, 0.3) is 17.0 Å². The molecule has 0 bridgehead atoms. The lowest BCUT2D eigenvalue weighted by molar-refractivity contribution is 0.204. The molecule has 4 rings (SSSR count). The molecule has 1 aliphatic heterocycles. The molecule has 6 nitrogen and oxygen atoms in total. The number of urea groups is 1. The van der Waals surface area contributed by atoms with Gasteiger partial charge in [0.05, 0.1) is 11.6 Å². The Bertz CT molecular complexity index is 1070. The SMILES string of the molecule is CCCCN1C(=O)NC(c2ccccc2)C(c2nc(-c3cccc(C)c3)no2)=C1C. The first-order valence-electron chi connectivity index (χ1n) is 10.3. The average molecular weight is 402 g/mol. The van der Waals surface area contributed by atoms with Crippen molar-refractivity contribution in [3.8, 4) is 11.4 Å². The summed E-state index contributed by atoms with van der Waals surface area (Å²) in [6.45, 7) is 6.75. The largest absolute Gasteiger partial charge is 0.334 e. The Labute approximate surface area is 176 Å². The highest BCUT2D eigenvalue weighted by atomic mass is 16.5. The van der Waals surface area contributed by atoms with Crippen molar-refractivity contribution in [2.24, 2.45) is 0 Å². The minimum atomic E-state index is -0.345. The van der Waals surface area contributed by atoms with Gasteiger partial charge in [0.15, 0.2) is 0 Å². The van der Waals surface area contributed by atoms with Gasteiger partial charge in [0, 0.05) is 17.8 Å². The summed E-state index contributed by atoms with van der Waals surface area (Å²) in [4.78, 5) is 19.3. The van der Waals surface area contributed by atoms with E-state index in [4.69, 9.17) is 9.51 Å². The zero-order chi connectivity index (χ0) is 21.1. The van der Waals surface area contributed by atoms with Crippen molar-refractivity contribution in [1.82, 2.24) is 20.4 Å². The summed E-state index contributed by atoms with van der Waals surface area (Å²) >= 11 is 0. The standard InChI is InChI=1S/C24H26N4O2/c1-4-5-14-28-17(3)20(21(25-24(28)29)18-11-7-6-8-12-18)23-26-22(27-30-23)19-13-9-10-16(2)15-19/h6-13,15,21H,4-5,14H2,1-3H3,(H,25,29). The van der Waals surface area contributed by atoms with E-state index in [9.17, 15) is 4.79 Å². The Morgan fingerprint density at radius 1 is 1.10 bits per heavy atom. The molecular formula is C24H26N4O2. The maximum absolute atomic E-state index is 12.8. The topological polar surface area (TPSA) is 71.3 Å². The number of carbonyl (C=O) groups is 1. The summed E-state index contributed by atoms with van der Waals surface area (Å²) in [6, 6.07) is 17.4. The van der Waals surface area contributed by atoms with Gasteiger partial charge in [-0.05, 0) is 31.9 Å². The number of aromatic nitrogens is 2. The lowest BCUT2D eigenvalue weighted by Gasteiger charge is -2.35. The van der Waals surface area contributed by atoms with Gasteiger partial charge in [-0.3, -0.25) is 4.90 Å². The van der Waals surface area contributed by atoms with Crippen LogP contribution in [0.15, 0.2) is 64.8 Å². The summed E-state index contributed by atoms with van der Waals surface area (Å²) in [7, 11) is 0. The van der Waals surface area contributed by atoms with Crippen molar-refractivity contribution in [3.05, 3.63) is 77.3 Å². The molecule has 0 saturated heterocycles. The van der Waals surface area contributed by atoms with Gasteiger partial charge in [0.25, 0.3) is 5.89 Å². The number of carbonyl (C=O) groups excluding carboxylic acids is 1. The molecule has 1 N–H and O–H groups in total. The molecule has 1 aromatic heterocycles. The maximum atomic E-state index is 12.8. The van der Waals surface area contributed by atoms with Gasteiger partial charge in [-0.2, -0.15) is 4.98 Å². The van der Waals surface area contributed by atoms with E-state index in [1.165, 1.54) is 0 Å².